The number of nitrogens with zero attached hydrogens (tertiary/aromatic N) is 2. The van der Waals surface area contributed by atoms with Crippen LogP contribution >= 0.6 is 0 Å². The second-order valence-electron chi connectivity index (χ2n) is 4.13. The van der Waals surface area contributed by atoms with Crippen LogP contribution in [0.15, 0.2) is 29.3 Å². The third-order valence-corrected chi connectivity index (χ3v) is 3.04. The third kappa shape index (κ3) is 2.64. The molecule has 0 amide bonds. The fourth-order valence-electron chi connectivity index (χ4n) is 1.89. The zero-order valence-electron chi connectivity index (χ0n) is 10.2. The number of hydrogen-bond donors (Lipinski definition) is 1. The number of rotatable bonds is 3. The fraction of sp³-hybridized carbons (Fsp3) is 0.385. The second kappa shape index (κ2) is 4.99. The molecule has 0 saturated carbocycles. The van der Waals surface area contributed by atoms with Crippen molar-refractivity contribution in [2.24, 2.45) is 4.99 Å². The van der Waals surface area contributed by atoms with Crippen molar-refractivity contribution in [3.8, 4) is 5.75 Å². The molecule has 0 fully saturated rings. The highest BCUT2D eigenvalue weighted by molar-refractivity contribution is 5.88. The molecule has 2 rings (SSSR count). The Hall–Kier alpha value is -1.84. The molecule has 0 radical (unpaired) electrons. The summed E-state index contributed by atoms with van der Waals surface area (Å²) in [6.45, 7) is 2.98. The van der Waals surface area contributed by atoms with Crippen LogP contribution < -0.4 is 4.74 Å². The molecule has 1 aromatic carbocycles. The average molecular weight is 231 g/mol. The normalized spacial score (nSPS) is 17.1. The maximum Gasteiger partial charge on any atom is 0.123 e. The molecule has 0 saturated heterocycles. The van der Waals surface area contributed by atoms with Gasteiger partial charge in [0.25, 0.3) is 0 Å². The van der Waals surface area contributed by atoms with E-state index < -0.39 is 0 Å². The zero-order valence-corrected chi connectivity index (χ0v) is 10.2. The number of methoxy groups -OCH3 is 1. The summed E-state index contributed by atoms with van der Waals surface area (Å²) in [7, 11) is 1.67. The molecule has 1 aliphatic heterocycles. The molecule has 1 aromatic rings. The average Bonchev–Trinajstić information content (AvgIpc) is 2.39. The minimum Gasteiger partial charge on any atom is -0.497 e. The Bertz CT molecular complexity index is 442. The summed E-state index contributed by atoms with van der Waals surface area (Å²) in [6.07, 6.45) is 2.47. The SMILES string of the molecule is COc1cccc([C@H](C)N2C=NC(=N)CC2)c1. The number of nitrogens with one attached hydrogen (secondary N) is 1. The van der Waals surface area contributed by atoms with Gasteiger partial charge in [0.1, 0.15) is 11.6 Å². The molecular weight excluding hydrogens is 214 g/mol. The highest BCUT2D eigenvalue weighted by Crippen LogP contribution is 2.24. The van der Waals surface area contributed by atoms with Gasteiger partial charge in [-0.1, -0.05) is 12.1 Å². The van der Waals surface area contributed by atoms with E-state index in [4.69, 9.17) is 10.1 Å². The van der Waals surface area contributed by atoms with Crippen molar-refractivity contribution in [2.75, 3.05) is 13.7 Å². The molecule has 0 unspecified atom stereocenters. The summed E-state index contributed by atoms with van der Waals surface area (Å²) < 4.78 is 5.22. The molecule has 0 spiro atoms. The number of benzene rings is 1. The lowest BCUT2D eigenvalue weighted by Crippen LogP contribution is -2.31. The van der Waals surface area contributed by atoms with E-state index in [-0.39, 0.29) is 6.04 Å². The van der Waals surface area contributed by atoms with Gasteiger partial charge >= 0.3 is 0 Å². The van der Waals surface area contributed by atoms with Gasteiger partial charge in [-0.05, 0) is 24.6 Å². The Morgan fingerprint density at radius 2 is 2.29 bits per heavy atom. The van der Waals surface area contributed by atoms with Gasteiger partial charge in [-0.15, -0.1) is 0 Å². The van der Waals surface area contributed by atoms with Gasteiger partial charge in [0.15, 0.2) is 0 Å². The van der Waals surface area contributed by atoms with E-state index in [9.17, 15) is 0 Å². The molecule has 1 aliphatic rings. The first-order valence-corrected chi connectivity index (χ1v) is 5.72. The van der Waals surface area contributed by atoms with E-state index in [0.717, 1.165) is 12.3 Å². The smallest absolute Gasteiger partial charge is 0.123 e. The van der Waals surface area contributed by atoms with Crippen molar-refractivity contribution < 1.29 is 4.74 Å². The standard InChI is InChI=1S/C13H17N3O/c1-10(16-7-6-13(14)15-9-16)11-4-3-5-12(8-11)17-2/h3-5,8-10,14H,6-7H2,1-2H3/t10-/m0/s1. The van der Waals surface area contributed by atoms with Gasteiger partial charge < -0.3 is 9.64 Å². The van der Waals surface area contributed by atoms with E-state index in [0.29, 0.717) is 12.3 Å². The lowest BCUT2D eigenvalue weighted by atomic mass is 10.1. The summed E-state index contributed by atoms with van der Waals surface area (Å²) >= 11 is 0. The summed E-state index contributed by atoms with van der Waals surface area (Å²) in [5.74, 6) is 1.33. The van der Waals surface area contributed by atoms with Gasteiger partial charge in [0.05, 0.1) is 19.5 Å². The van der Waals surface area contributed by atoms with Crippen LogP contribution in [0.4, 0.5) is 0 Å². The summed E-state index contributed by atoms with van der Waals surface area (Å²) in [5.41, 5.74) is 1.20. The molecule has 0 aliphatic carbocycles. The molecule has 1 atom stereocenters. The molecule has 0 aromatic heterocycles. The van der Waals surface area contributed by atoms with Crippen molar-refractivity contribution in [2.45, 2.75) is 19.4 Å². The topological polar surface area (TPSA) is 48.7 Å². The van der Waals surface area contributed by atoms with Crippen molar-refractivity contribution in [3.63, 3.8) is 0 Å². The predicted molar refractivity (Wildman–Crippen MR) is 69.0 cm³/mol. The van der Waals surface area contributed by atoms with Gasteiger partial charge in [0.2, 0.25) is 0 Å². The first-order valence-electron chi connectivity index (χ1n) is 5.72. The number of amidine groups is 1. The van der Waals surface area contributed by atoms with Crippen LogP contribution in [0.1, 0.15) is 24.9 Å². The third-order valence-electron chi connectivity index (χ3n) is 3.04. The Morgan fingerprint density at radius 1 is 1.47 bits per heavy atom. The number of aliphatic imine (C=N–C) groups is 1. The van der Waals surface area contributed by atoms with Gasteiger partial charge in [-0.3, -0.25) is 5.41 Å². The van der Waals surface area contributed by atoms with Gasteiger partial charge in [-0.2, -0.15) is 0 Å². The van der Waals surface area contributed by atoms with Gasteiger partial charge in [0, 0.05) is 13.0 Å². The van der Waals surface area contributed by atoms with Crippen LogP contribution in [0.2, 0.25) is 0 Å². The van der Waals surface area contributed by atoms with Crippen molar-refractivity contribution in [1.82, 2.24) is 4.90 Å². The molecule has 1 heterocycles. The Morgan fingerprint density at radius 3 is 2.94 bits per heavy atom. The summed E-state index contributed by atoms with van der Waals surface area (Å²) in [5, 5.41) is 7.44. The highest BCUT2D eigenvalue weighted by atomic mass is 16.5. The van der Waals surface area contributed by atoms with E-state index >= 15 is 0 Å². The van der Waals surface area contributed by atoms with Crippen LogP contribution in [0, 0.1) is 5.41 Å². The van der Waals surface area contributed by atoms with Crippen LogP contribution in [0.3, 0.4) is 0 Å². The first-order chi connectivity index (χ1) is 8.20. The number of ether oxygens (including phenoxy) is 1. The summed E-state index contributed by atoms with van der Waals surface area (Å²) in [6, 6.07) is 8.31. The van der Waals surface area contributed by atoms with Crippen molar-refractivity contribution in [3.05, 3.63) is 29.8 Å². The number of hydrogen-bond acceptors (Lipinski definition) is 3. The Labute approximate surface area is 101 Å². The largest absolute Gasteiger partial charge is 0.497 e. The van der Waals surface area contributed by atoms with E-state index in [2.05, 4.69) is 22.9 Å². The molecule has 90 valence electrons. The molecule has 0 bridgehead atoms. The monoisotopic (exact) mass is 231 g/mol. The van der Waals surface area contributed by atoms with Crippen LogP contribution in [0.25, 0.3) is 0 Å². The van der Waals surface area contributed by atoms with Crippen LogP contribution in [-0.4, -0.2) is 30.7 Å². The molecule has 4 heteroatoms. The first kappa shape index (κ1) is 11.6. The second-order valence-corrected chi connectivity index (χ2v) is 4.13. The quantitative estimate of drug-likeness (QED) is 0.868. The lowest BCUT2D eigenvalue weighted by molar-refractivity contribution is 0.348. The molecule has 17 heavy (non-hydrogen) atoms. The van der Waals surface area contributed by atoms with Crippen LogP contribution in [0.5, 0.6) is 5.75 Å². The fourth-order valence-corrected chi connectivity index (χ4v) is 1.89. The zero-order chi connectivity index (χ0) is 12.3. The van der Waals surface area contributed by atoms with Crippen molar-refractivity contribution >= 4 is 12.2 Å². The predicted octanol–water partition coefficient (Wildman–Crippen LogP) is 2.47. The highest BCUT2D eigenvalue weighted by Gasteiger charge is 2.16. The van der Waals surface area contributed by atoms with E-state index in [1.54, 1.807) is 13.4 Å². The van der Waals surface area contributed by atoms with E-state index in [1.165, 1.54) is 5.56 Å². The van der Waals surface area contributed by atoms with Crippen molar-refractivity contribution in [1.29, 1.82) is 5.41 Å². The maximum absolute atomic E-state index is 7.44. The van der Waals surface area contributed by atoms with E-state index in [1.807, 2.05) is 18.2 Å². The van der Waals surface area contributed by atoms with Crippen LogP contribution in [-0.2, 0) is 0 Å². The lowest BCUT2D eigenvalue weighted by Gasteiger charge is -2.29. The molecule has 1 N–H and O–H groups in total. The molecule has 4 nitrogen and oxygen atoms in total. The Balaban J connectivity index is 2.16. The summed E-state index contributed by atoms with van der Waals surface area (Å²) in [4.78, 5) is 6.20. The maximum atomic E-state index is 7.44. The van der Waals surface area contributed by atoms with Gasteiger partial charge in [-0.25, -0.2) is 4.99 Å². The molecular formula is C13H17N3O. The minimum absolute atomic E-state index is 0.252. The minimum atomic E-state index is 0.252. The Kier molecular flexibility index (Phi) is 3.42.